The predicted octanol–water partition coefficient (Wildman–Crippen LogP) is 19.0. The van der Waals surface area contributed by atoms with Crippen LogP contribution in [0.3, 0.4) is 0 Å². The van der Waals surface area contributed by atoms with E-state index in [9.17, 15) is 9.59 Å². The van der Waals surface area contributed by atoms with E-state index in [1.165, 1.54) is 0 Å². The molecule has 0 heterocycles. The predicted molar refractivity (Wildman–Crippen MR) is 344 cm³/mol. The molecule has 0 aliphatic heterocycles. The van der Waals surface area contributed by atoms with Crippen molar-refractivity contribution < 1.29 is 100 Å². The third kappa shape index (κ3) is 49.5. The van der Waals surface area contributed by atoms with E-state index in [1.54, 1.807) is 14.2 Å². The Morgan fingerprint density at radius 2 is 0.753 bits per heavy atom. The number of ketones is 2. The van der Waals surface area contributed by atoms with Gasteiger partial charge in [0.2, 0.25) is 0 Å². The SMILES string of the molecule is C.C.C.C.C.C.C.C.C.C.C.C.CC(C(=O)c1ccccc1)c1ccccc1.CC(C)(C(=O)c1ccccc1)c1ccccc1.CO[Si](C)(C)O[SiH](C)O[Si](C)C.CO[Si](C)(C)O[SiH](C)O[Si](C)C.[CH3-].[CH3-].[Y].[Y]. The van der Waals surface area contributed by atoms with Crippen LogP contribution in [0.15, 0.2) is 121 Å². The Labute approximate surface area is 519 Å². The van der Waals surface area contributed by atoms with Crippen LogP contribution in [0.2, 0.25) is 65.5 Å². The second-order valence-electron chi connectivity index (χ2n) is 15.2. The van der Waals surface area contributed by atoms with Crippen molar-refractivity contribution >= 4 is 65.3 Å². The normalized spacial score (nSPS) is 10.3. The van der Waals surface area contributed by atoms with E-state index in [0.717, 1.165) is 22.3 Å². The zero-order valence-electron chi connectivity index (χ0n) is 40.2. The second kappa shape index (κ2) is 60.7. The Morgan fingerprint density at radius 3 is 1.03 bits per heavy atom. The van der Waals surface area contributed by atoms with Gasteiger partial charge in [-0.1, -0.05) is 217 Å². The Morgan fingerprint density at radius 1 is 0.493 bits per heavy atom. The van der Waals surface area contributed by atoms with Crippen molar-refractivity contribution in [2.45, 2.75) is 187 Å². The molecule has 8 nitrogen and oxygen atoms in total. The summed E-state index contributed by atoms with van der Waals surface area (Å²) < 4.78 is 33.4. The maximum absolute atomic E-state index is 12.5. The van der Waals surface area contributed by atoms with E-state index in [1.807, 2.05) is 168 Å². The first kappa shape index (κ1) is 116. The molecule has 0 aliphatic carbocycles. The van der Waals surface area contributed by atoms with Crippen LogP contribution in [0.1, 0.15) is 148 Å². The monoisotopic (exact) mass is 1280 g/mol. The zero-order valence-corrected chi connectivity index (χ0v) is 52.2. The van der Waals surface area contributed by atoms with Crippen LogP contribution < -0.4 is 0 Å². The molecule has 430 valence electrons. The molecule has 0 N–H and O–H groups in total. The van der Waals surface area contributed by atoms with Gasteiger partial charge in [0, 0.05) is 96.7 Å². The first-order chi connectivity index (χ1) is 26.7. The van der Waals surface area contributed by atoms with Gasteiger partial charge in [0.25, 0.3) is 18.6 Å². The van der Waals surface area contributed by atoms with Crippen LogP contribution in [0.25, 0.3) is 0 Å². The van der Waals surface area contributed by atoms with Crippen molar-refractivity contribution in [2.75, 3.05) is 14.2 Å². The fourth-order valence-corrected chi connectivity index (χ4v) is 19.0. The molecule has 3 atom stereocenters. The Bertz CT molecular complexity index is 1670. The molecule has 4 radical (unpaired) electrons. The molecule has 16 heteroatoms. The fraction of sp³-hybridized carbons (Fsp3) is 0.509. The van der Waals surface area contributed by atoms with Gasteiger partial charge in [-0.05, 0) is 90.4 Å². The summed E-state index contributed by atoms with van der Waals surface area (Å²) in [7, 11) is -4.36. The van der Waals surface area contributed by atoms with E-state index < -0.39 is 59.2 Å². The summed E-state index contributed by atoms with van der Waals surface area (Å²) in [6.45, 7) is 26.7. The molecule has 0 bridgehead atoms. The van der Waals surface area contributed by atoms with Gasteiger partial charge in [-0.3, -0.25) is 9.59 Å². The molecule has 0 amide bonds. The van der Waals surface area contributed by atoms with E-state index in [4.69, 9.17) is 25.3 Å². The molecule has 0 fully saturated rings. The number of carbonyl (C=O) groups excluding carboxylic acids is 2. The average molecular weight is 1280 g/mol. The van der Waals surface area contributed by atoms with Crippen molar-refractivity contribution in [3.05, 3.63) is 158 Å². The van der Waals surface area contributed by atoms with E-state index in [2.05, 4.69) is 39.3 Å². The molecule has 0 saturated carbocycles. The summed E-state index contributed by atoms with van der Waals surface area (Å²) in [6, 6.07) is 38.7. The van der Waals surface area contributed by atoms with Crippen molar-refractivity contribution in [3.63, 3.8) is 0 Å². The number of benzene rings is 4. The van der Waals surface area contributed by atoms with Crippen LogP contribution in [-0.4, -0.2) is 79.6 Å². The van der Waals surface area contributed by atoms with Crippen molar-refractivity contribution in [2.24, 2.45) is 0 Å². The molecular weight excluding hydrogens is 1160 g/mol. The van der Waals surface area contributed by atoms with Crippen LogP contribution in [0.5, 0.6) is 0 Å². The molecule has 0 aliphatic rings. The quantitative estimate of drug-likeness (QED) is 0.0623. The minimum atomic E-state index is -1.85. The molecule has 0 saturated heterocycles. The minimum Gasteiger partial charge on any atom is -0.439 e. The molecule has 4 rings (SSSR count). The fourth-order valence-electron chi connectivity index (χ4n) is 5.29. The van der Waals surface area contributed by atoms with Crippen molar-refractivity contribution in [1.82, 2.24) is 0 Å². The number of hydrogen-bond acceptors (Lipinski definition) is 8. The second-order valence-corrected chi connectivity index (χ2v) is 31.3. The molecule has 4 aromatic rings. The van der Waals surface area contributed by atoms with Gasteiger partial charge >= 0.3 is 17.1 Å². The van der Waals surface area contributed by atoms with Gasteiger partial charge < -0.3 is 40.2 Å². The van der Waals surface area contributed by atoms with Gasteiger partial charge in [-0.15, -0.1) is 0 Å². The molecule has 73 heavy (non-hydrogen) atoms. The third-order valence-corrected chi connectivity index (χ3v) is 24.1. The molecule has 0 spiro atoms. The van der Waals surface area contributed by atoms with Crippen molar-refractivity contribution in [1.29, 1.82) is 0 Å². The standard InChI is InChI=1S/C16H16O.C15H14O.2C6H19O3Si3.12CH4.2CH3.2Y/c1-16(2,14-11-7-4-8-12-14)15(17)13-9-5-3-6-10-13;1-12(13-8-4-2-5-9-13)15(16)14-10-6-3-7-11-14;2*1-7-12(5,6)9-11(4)8-10(2)3;;;;;;;;;;;;;;;;/h3-12H,1-2H3;2-12H,1H3;2*11H,1-6H3;12*1H4;2*1H3;;/q;;;;;;;;;;;;;;;;2*-1;;. The number of hydrogen-bond donors (Lipinski definition) is 0. The van der Waals surface area contributed by atoms with Crippen LogP contribution in [-0.2, 0) is 96.1 Å². The summed E-state index contributed by atoms with van der Waals surface area (Å²) >= 11 is 0. The maximum atomic E-state index is 12.5. The van der Waals surface area contributed by atoms with Gasteiger partial charge in [-0.2, -0.15) is 0 Å². The minimum absolute atomic E-state index is 0. The Hall–Kier alpha value is -0.511. The van der Waals surface area contributed by atoms with Gasteiger partial charge in [0.1, 0.15) is 0 Å². The Kier molecular flexibility index (Phi) is 96.6. The average Bonchev–Trinajstić information content (AvgIpc) is 3.18. The first-order valence-corrected chi connectivity index (χ1v) is 34.0. The summed E-state index contributed by atoms with van der Waals surface area (Å²) in [6.07, 6.45) is 0. The van der Waals surface area contributed by atoms with Crippen LogP contribution in [0.4, 0.5) is 0 Å². The molecule has 0 aromatic heterocycles. The Balaban J connectivity index is -0.0000000399. The van der Waals surface area contributed by atoms with E-state index >= 15 is 0 Å². The molecule has 3 unspecified atom stereocenters. The zero-order chi connectivity index (χ0) is 43.2. The number of rotatable bonds is 16. The van der Waals surface area contributed by atoms with Crippen molar-refractivity contribution in [3.8, 4) is 0 Å². The van der Waals surface area contributed by atoms with Gasteiger partial charge in [0.15, 0.2) is 29.6 Å². The summed E-state index contributed by atoms with van der Waals surface area (Å²) in [5, 5.41) is 0. The first-order valence-electron chi connectivity index (χ1n) is 19.3. The van der Waals surface area contributed by atoms with Gasteiger partial charge in [0.05, 0.1) is 5.41 Å². The van der Waals surface area contributed by atoms with Crippen LogP contribution in [0, 0.1) is 14.9 Å². The van der Waals surface area contributed by atoms with Gasteiger partial charge in [-0.25, -0.2) is 0 Å². The smallest absolute Gasteiger partial charge is 0.322 e. The summed E-state index contributed by atoms with van der Waals surface area (Å²) in [4.78, 5) is 24.6. The topological polar surface area (TPSA) is 89.5 Å². The maximum Gasteiger partial charge on any atom is 0.322 e. The number of carbonyl (C=O) groups is 2. The summed E-state index contributed by atoms with van der Waals surface area (Å²) in [5.41, 5.74) is 3.17. The molecule has 4 aromatic carbocycles. The summed E-state index contributed by atoms with van der Waals surface area (Å²) in [5.74, 6) is 0.250. The third-order valence-electron chi connectivity index (χ3n) is 8.54. The molecular formula is C57H122O8Si6Y2-2. The van der Waals surface area contributed by atoms with E-state index in [-0.39, 0.29) is 187 Å². The van der Waals surface area contributed by atoms with Crippen LogP contribution >= 0.6 is 0 Å². The largest absolute Gasteiger partial charge is 0.439 e. The number of Topliss-reactive ketones (excluding diaryl/α,β-unsaturated/α-hetero) is 2. The van der Waals surface area contributed by atoms with E-state index in [0.29, 0.717) is 0 Å².